The largest absolute Gasteiger partial charge is 0.467 e. The Morgan fingerprint density at radius 3 is 2.24 bits per heavy atom. The van der Waals surface area contributed by atoms with Crippen LogP contribution in [0.5, 0.6) is 0 Å². The fourth-order valence-electron chi connectivity index (χ4n) is 1.53. The van der Waals surface area contributed by atoms with Gasteiger partial charge < -0.3 is 14.8 Å². The highest BCUT2D eigenvalue weighted by Crippen LogP contribution is 2.06. The Morgan fingerprint density at radius 2 is 1.71 bits per heavy atom. The zero-order valence-electron chi connectivity index (χ0n) is 12.6. The van der Waals surface area contributed by atoms with Crippen LogP contribution in [-0.4, -0.2) is 37.1 Å². The summed E-state index contributed by atoms with van der Waals surface area (Å²) in [7, 11) is 1.21. The lowest BCUT2D eigenvalue weighted by Gasteiger charge is -2.23. The third-order valence-corrected chi connectivity index (χ3v) is 2.69. The molecule has 0 aliphatic heterocycles. The molecule has 0 heterocycles. The monoisotopic (exact) mass is 297 g/mol. The molecule has 6 heteroatoms. The zero-order valence-corrected chi connectivity index (χ0v) is 12.6. The maximum Gasteiger partial charge on any atom is 0.332 e. The molecule has 0 fully saturated rings. The van der Waals surface area contributed by atoms with Gasteiger partial charge in [0.1, 0.15) is 6.10 Å². The van der Waals surface area contributed by atoms with Gasteiger partial charge in [-0.15, -0.1) is 13.2 Å². The van der Waals surface area contributed by atoms with Gasteiger partial charge in [-0.25, -0.2) is 4.79 Å². The molecule has 0 aromatic heterocycles. The van der Waals surface area contributed by atoms with Crippen LogP contribution in [-0.2, 0) is 23.9 Å². The molecule has 0 bridgehead atoms. The molecule has 0 saturated carbocycles. The summed E-state index contributed by atoms with van der Waals surface area (Å²) in [5, 5.41) is 2.51. The van der Waals surface area contributed by atoms with Gasteiger partial charge in [-0.1, -0.05) is 12.2 Å². The summed E-state index contributed by atoms with van der Waals surface area (Å²) in [5.41, 5.74) is 0. The van der Waals surface area contributed by atoms with E-state index in [9.17, 15) is 14.4 Å². The number of hydrogen-bond donors (Lipinski definition) is 1. The minimum atomic E-state index is -1.03. The predicted molar refractivity (Wildman–Crippen MR) is 78.4 cm³/mol. The fraction of sp³-hybridized carbons (Fsp3) is 0.533. The first-order chi connectivity index (χ1) is 9.96. The second-order valence-corrected chi connectivity index (χ2v) is 4.42. The SMILES string of the molecule is C=CCCC(=O)N[C@H](C(=O)OC)C(C)OC(=O)CCC=C. The van der Waals surface area contributed by atoms with Gasteiger partial charge in [-0.05, 0) is 19.8 Å². The minimum Gasteiger partial charge on any atom is -0.467 e. The van der Waals surface area contributed by atoms with Crippen molar-refractivity contribution in [2.45, 2.75) is 44.8 Å². The van der Waals surface area contributed by atoms with E-state index in [-0.39, 0.29) is 18.7 Å². The van der Waals surface area contributed by atoms with Gasteiger partial charge in [0.2, 0.25) is 5.91 Å². The number of esters is 2. The zero-order chi connectivity index (χ0) is 16.3. The van der Waals surface area contributed by atoms with E-state index in [1.54, 1.807) is 12.2 Å². The Labute approximate surface area is 125 Å². The third kappa shape index (κ3) is 7.91. The van der Waals surface area contributed by atoms with Crippen LogP contribution in [0.15, 0.2) is 25.3 Å². The molecule has 0 aromatic rings. The normalized spacial score (nSPS) is 12.7. The van der Waals surface area contributed by atoms with E-state index in [2.05, 4.69) is 23.2 Å². The van der Waals surface area contributed by atoms with E-state index < -0.39 is 24.1 Å². The Bertz CT molecular complexity index is 392. The van der Waals surface area contributed by atoms with Crippen molar-refractivity contribution >= 4 is 17.8 Å². The minimum absolute atomic E-state index is 0.173. The molecule has 1 amide bonds. The van der Waals surface area contributed by atoms with Gasteiger partial charge >= 0.3 is 11.9 Å². The van der Waals surface area contributed by atoms with E-state index in [0.717, 1.165) is 0 Å². The van der Waals surface area contributed by atoms with Gasteiger partial charge in [0, 0.05) is 12.8 Å². The molecule has 0 aliphatic carbocycles. The topological polar surface area (TPSA) is 81.7 Å². The summed E-state index contributed by atoms with van der Waals surface area (Å²) >= 11 is 0. The van der Waals surface area contributed by atoms with Crippen LogP contribution in [0.25, 0.3) is 0 Å². The van der Waals surface area contributed by atoms with Gasteiger partial charge in [0.15, 0.2) is 6.04 Å². The second kappa shape index (κ2) is 10.7. The molecular weight excluding hydrogens is 274 g/mol. The highest BCUT2D eigenvalue weighted by Gasteiger charge is 2.30. The maximum absolute atomic E-state index is 11.7. The molecule has 6 nitrogen and oxygen atoms in total. The summed E-state index contributed by atoms with van der Waals surface area (Å²) < 4.78 is 9.74. The van der Waals surface area contributed by atoms with E-state index in [1.165, 1.54) is 14.0 Å². The molecule has 21 heavy (non-hydrogen) atoms. The van der Waals surface area contributed by atoms with E-state index >= 15 is 0 Å². The molecule has 0 aromatic carbocycles. The summed E-state index contributed by atoms with van der Waals surface area (Å²) in [6.45, 7) is 8.56. The average molecular weight is 297 g/mol. The van der Waals surface area contributed by atoms with Crippen molar-refractivity contribution < 1.29 is 23.9 Å². The van der Waals surface area contributed by atoms with Gasteiger partial charge in [-0.3, -0.25) is 9.59 Å². The highest BCUT2D eigenvalue weighted by atomic mass is 16.6. The molecule has 0 saturated heterocycles. The molecule has 118 valence electrons. The van der Waals surface area contributed by atoms with Crippen LogP contribution in [0.3, 0.4) is 0 Å². The molecule has 0 spiro atoms. The number of carbonyl (C=O) groups is 3. The highest BCUT2D eigenvalue weighted by molar-refractivity contribution is 5.85. The molecular formula is C15H23NO5. The van der Waals surface area contributed by atoms with Crippen molar-refractivity contribution in [2.75, 3.05) is 7.11 Å². The van der Waals surface area contributed by atoms with Crippen molar-refractivity contribution in [3.8, 4) is 0 Å². The number of ether oxygens (including phenoxy) is 2. The van der Waals surface area contributed by atoms with Gasteiger partial charge in [0.05, 0.1) is 7.11 Å². The Balaban J connectivity index is 4.62. The lowest BCUT2D eigenvalue weighted by Crippen LogP contribution is -2.49. The Hall–Kier alpha value is -2.11. The molecule has 0 aliphatic rings. The average Bonchev–Trinajstić information content (AvgIpc) is 2.47. The molecule has 1 unspecified atom stereocenters. The standard InChI is InChI=1S/C15H23NO5/c1-5-7-9-12(17)16-14(15(19)20-4)11(3)21-13(18)10-8-6-2/h5-6,11,14H,1-2,7-10H2,3-4H3,(H,16,17)/t11?,14-/m0/s1. The van der Waals surface area contributed by atoms with Gasteiger partial charge in [-0.2, -0.15) is 0 Å². The third-order valence-electron chi connectivity index (χ3n) is 2.69. The molecule has 2 atom stereocenters. The summed E-state index contributed by atoms with van der Waals surface area (Å²) in [6.07, 6.45) is 3.74. The lowest BCUT2D eigenvalue weighted by atomic mass is 10.1. The summed E-state index contributed by atoms with van der Waals surface area (Å²) in [4.78, 5) is 34.9. The van der Waals surface area contributed by atoms with Crippen molar-refractivity contribution in [3.05, 3.63) is 25.3 Å². The summed E-state index contributed by atoms with van der Waals surface area (Å²) in [6, 6.07) is -1.03. The Morgan fingerprint density at radius 1 is 1.14 bits per heavy atom. The van der Waals surface area contributed by atoms with E-state index in [4.69, 9.17) is 4.74 Å². The molecule has 0 rings (SSSR count). The summed E-state index contributed by atoms with van der Waals surface area (Å²) in [5.74, 6) is -1.46. The van der Waals surface area contributed by atoms with Crippen LogP contribution < -0.4 is 5.32 Å². The number of hydrogen-bond acceptors (Lipinski definition) is 5. The predicted octanol–water partition coefficient (Wildman–Crippen LogP) is 1.51. The van der Waals surface area contributed by atoms with Gasteiger partial charge in [0.25, 0.3) is 0 Å². The smallest absolute Gasteiger partial charge is 0.332 e. The number of amides is 1. The fourth-order valence-corrected chi connectivity index (χ4v) is 1.53. The number of nitrogens with one attached hydrogen (secondary N) is 1. The van der Waals surface area contributed by atoms with Crippen LogP contribution in [0.4, 0.5) is 0 Å². The van der Waals surface area contributed by atoms with Crippen molar-refractivity contribution in [1.82, 2.24) is 5.32 Å². The van der Waals surface area contributed by atoms with E-state index in [1.807, 2.05) is 0 Å². The molecule has 0 radical (unpaired) electrons. The van der Waals surface area contributed by atoms with Crippen molar-refractivity contribution in [3.63, 3.8) is 0 Å². The first-order valence-electron chi connectivity index (χ1n) is 6.74. The van der Waals surface area contributed by atoms with Crippen LogP contribution in [0.2, 0.25) is 0 Å². The van der Waals surface area contributed by atoms with Crippen molar-refractivity contribution in [1.29, 1.82) is 0 Å². The number of carbonyl (C=O) groups excluding carboxylic acids is 3. The number of methoxy groups -OCH3 is 1. The van der Waals surface area contributed by atoms with E-state index in [0.29, 0.717) is 12.8 Å². The number of allylic oxidation sites excluding steroid dienone is 2. The number of rotatable bonds is 10. The first kappa shape index (κ1) is 18.9. The molecule has 1 N–H and O–H groups in total. The maximum atomic E-state index is 11.7. The van der Waals surface area contributed by atoms with Crippen LogP contribution in [0.1, 0.15) is 32.6 Å². The van der Waals surface area contributed by atoms with Crippen LogP contribution >= 0.6 is 0 Å². The van der Waals surface area contributed by atoms with Crippen LogP contribution in [0, 0.1) is 0 Å². The lowest BCUT2D eigenvalue weighted by molar-refractivity contribution is -0.157. The second-order valence-electron chi connectivity index (χ2n) is 4.42. The Kier molecular flexibility index (Phi) is 9.58. The quantitative estimate of drug-likeness (QED) is 0.488. The first-order valence-corrected chi connectivity index (χ1v) is 6.74. The van der Waals surface area contributed by atoms with Crippen molar-refractivity contribution in [2.24, 2.45) is 0 Å².